The molecule has 0 bridgehead atoms. The first-order valence-corrected chi connectivity index (χ1v) is 7.13. The van der Waals surface area contributed by atoms with Crippen LogP contribution in [0.2, 0.25) is 5.02 Å². The Labute approximate surface area is 136 Å². The molecule has 0 amide bonds. The average molecular weight is 330 g/mol. The third-order valence-corrected chi connectivity index (χ3v) is 3.89. The standard InChI is InChI=1S/C16H12ClN3O3/c1-10-7-16(21)13(9-14(10)17)15-5-6-18-19(15)11-3-2-4-12(8-11)20(22)23/h2-9,21H,1H3. The quantitative estimate of drug-likeness (QED) is 0.579. The minimum absolute atomic E-state index is 0.0323. The van der Waals surface area contributed by atoms with Gasteiger partial charge in [-0.15, -0.1) is 0 Å². The van der Waals surface area contributed by atoms with Crippen LogP contribution in [0.5, 0.6) is 5.75 Å². The number of halogens is 1. The van der Waals surface area contributed by atoms with Crippen molar-refractivity contribution in [3.8, 4) is 22.7 Å². The highest BCUT2D eigenvalue weighted by molar-refractivity contribution is 6.31. The van der Waals surface area contributed by atoms with E-state index >= 15 is 0 Å². The van der Waals surface area contributed by atoms with Crippen molar-refractivity contribution in [1.82, 2.24) is 9.78 Å². The average Bonchev–Trinajstić information content (AvgIpc) is 3.00. The van der Waals surface area contributed by atoms with Gasteiger partial charge in [0.2, 0.25) is 0 Å². The summed E-state index contributed by atoms with van der Waals surface area (Å²) >= 11 is 6.14. The monoisotopic (exact) mass is 329 g/mol. The second-order valence-electron chi connectivity index (χ2n) is 5.02. The number of phenols is 1. The maximum atomic E-state index is 10.9. The summed E-state index contributed by atoms with van der Waals surface area (Å²) in [6.07, 6.45) is 1.56. The van der Waals surface area contributed by atoms with Crippen molar-refractivity contribution in [3.05, 3.63) is 69.4 Å². The third-order valence-electron chi connectivity index (χ3n) is 3.48. The lowest BCUT2D eigenvalue weighted by Gasteiger charge is -2.10. The molecule has 1 heterocycles. The zero-order chi connectivity index (χ0) is 16.6. The number of rotatable bonds is 3. The summed E-state index contributed by atoms with van der Waals surface area (Å²) in [6.45, 7) is 1.80. The molecule has 7 heteroatoms. The summed E-state index contributed by atoms with van der Waals surface area (Å²) in [5, 5.41) is 25.8. The fraction of sp³-hybridized carbons (Fsp3) is 0.0625. The molecule has 0 saturated heterocycles. The number of phenolic OH excluding ortho intramolecular Hbond substituents is 1. The van der Waals surface area contributed by atoms with E-state index in [9.17, 15) is 15.2 Å². The molecule has 3 aromatic rings. The molecule has 3 rings (SSSR count). The van der Waals surface area contributed by atoms with Gasteiger partial charge in [0.05, 0.1) is 22.5 Å². The number of nitrogens with zero attached hydrogens (tertiary/aromatic N) is 3. The molecule has 0 atom stereocenters. The summed E-state index contributed by atoms with van der Waals surface area (Å²) in [5.74, 6) is 0.0686. The zero-order valence-corrected chi connectivity index (χ0v) is 12.9. The molecule has 23 heavy (non-hydrogen) atoms. The fourth-order valence-electron chi connectivity index (χ4n) is 2.32. The van der Waals surface area contributed by atoms with Gasteiger partial charge in [-0.2, -0.15) is 5.10 Å². The van der Waals surface area contributed by atoms with Gasteiger partial charge < -0.3 is 5.11 Å². The molecule has 0 saturated carbocycles. The molecule has 0 aliphatic heterocycles. The van der Waals surface area contributed by atoms with E-state index in [1.807, 2.05) is 0 Å². The minimum atomic E-state index is -0.465. The highest BCUT2D eigenvalue weighted by Crippen LogP contribution is 2.35. The SMILES string of the molecule is Cc1cc(O)c(-c2ccnn2-c2cccc([N+](=O)[O-])c2)cc1Cl. The van der Waals surface area contributed by atoms with E-state index < -0.39 is 4.92 Å². The largest absolute Gasteiger partial charge is 0.507 e. The summed E-state index contributed by atoms with van der Waals surface area (Å²) in [6, 6.07) is 11.0. The lowest BCUT2D eigenvalue weighted by Crippen LogP contribution is -2.00. The number of nitro groups is 1. The maximum Gasteiger partial charge on any atom is 0.271 e. The van der Waals surface area contributed by atoms with Crippen LogP contribution in [-0.4, -0.2) is 19.8 Å². The van der Waals surface area contributed by atoms with Crippen LogP contribution in [0.3, 0.4) is 0 Å². The van der Waals surface area contributed by atoms with Gasteiger partial charge in [-0.05, 0) is 36.8 Å². The molecular formula is C16H12ClN3O3. The number of hydrogen-bond donors (Lipinski definition) is 1. The minimum Gasteiger partial charge on any atom is -0.507 e. The van der Waals surface area contributed by atoms with E-state index in [4.69, 9.17) is 11.6 Å². The van der Waals surface area contributed by atoms with Crippen molar-refractivity contribution in [2.45, 2.75) is 6.92 Å². The Hall–Kier alpha value is -2.86. The molecule has 2 aromatic carbocycles. The number of hydrogen-bond acceptors (Lipinski definition) is 4. The van der Waals surface area contributed by atoms with Gasteiger partial charge in [-0.3, -0.25) is 10.1 Å². The van der Waals surface area contributed by atoms with E-state index in [1.54, 1.807) is 43.5 Å². The second kappa shape index (κ2) is 5.73. The number of aryl methyl sites for hydroxylation is 1. The number of benzene rings is 2. The van der Waals surface area contributed by atoms with E-state index in [0.29, 0.717) is 22.0 Å². The molecule has 0 spiro atoms. The number of aromatic hydroxyl groups is 1. The predicted molar refractivity (Wildman–Crippen MR) is 87.1 cm³/mol. The number of nitro benzene ring substituents is 1. The van der Waals surface area contributed by atoms with Crippen LogP contribution in [-0.2, 0) is 0 Å². The van der Waals surface area contributed by atoms with Gasteiger partial charge in [-0.1, -0.05) is 17.7 Å². The van der Waals surface area contributed by atoms with E-state index in [1.165, 1.54) is 16.8 Å². The highest BCUT2D eigenvalue weighted by atomic mass is 35.5. The summed E-state index contributed by atoms with van der Waals surface area (Å²) in [4.78, 5) is 10.5. The van der Waals surface area contributed by atoms with Gasteiger partial charge in [0, 0.05) is 22.7 Å². The molecule has 0 aliphatic carbocycles. The van der Waals surface area contributed by atoms with Gasteiger partial charge in [0.1, 0.15) is 5.75 Å². The molecule has 6 nitrogen and oxygen atoms in total. The number of non-ortho nitro benzene ring substituents is 1. The number of aromatic nitrogens is 2. The summed E-state index contributed by atoms with van der Waals surface area (Å²) < 4.78 is 1.52. The van der Waals surface area contributed by atoms with Gasteiger partial charge in [0.25, 0.3) is 5.69 Å². The van der Waals surface area contributed by atoms with E-state index in [2.05, 4.69) is 5.10 Å². The molecule has 0 fully saturated rings. The first-order chi connectivity index (χ1) is 11.0. The van der Waals surface area contributed by atoms with Gasteiger partial charge in [-0.25, -0.2) is 4.68 Å². The van der Waals surface area contributed by atoms with Crippen LogP contribution >= 0.6 is 11.6 Å². The summed E-state index contributed by atoms with van der Waals surface area (Å²) in [7, 11) is 0. The first kappa shape index (κ1) is 15.1. The normalized spacial score (nSPS) is 10.7. The van der Waals surface area contributed by atoms with Crippen LogP contribution in [0.15, 0.2) is 48.7 Å². The van der Waals surface area contributed by atoms with Crippen molar-refractivity contribution in [2.75, 3.05) is 0 Å². The lowest BCUT2D eigenvalue weighted by atomic mass is 10.1. The lowest BCUT2D eigenvalue weighted by molar-refractivity contribution is -0.384. The first-order valence-electron chi connectivity index (χ1n) is 6.75. The van der Waals surface area contributed by atoms with Crippen LogP contribution in [0.25, 0.3) is 16.9 Å². The van der Waals surface area contributed by atoms with Crippen molar-refractivity contribution in [1.29, 1.82) is 0 Å². The van der Waals surface area contributed by atoms with Crippen LogP contribution in [0, 0.1) is 17.0 Å². The second-order valence-corrected chi connectivity index (χ2v) is 5.43. The topological polar surface area (TPSA) is 81.2 Å². The molecule has 0 radical (unpaired) electrons. The van der Waals surface area contributed by atoms with Crippen LogP contribution in [0.1, 0.15) is 5.56 Å². The molecule has 1 aromatic heterocycles. The molecule has 0 aliphatic rings. The Morgan fingerprint density at radius 3 is 2.78 bits per heavy atom. The predicted octanol–water partition coefficient (Wildman–Crippen LogP) is 4.11. The Bertz CT molecular complexity index is 905. The fourth-order valence-corrected chi connectivity index (χ4v) is 2.49. The summed E-state index contributed by atoms with van der Waals surface area (Å²) in [5.41, 5.74) is 2.34. The van der Waals surface area contributed by atoms with Gasteiger partial charge >= 0.3 is 0 Å². The Morgan fingerprint density at radius 1 is 1.26 bits per heavy atom. The van der Waals surface area contributed by atoms with Crippen LogP contribution in [0.4, 0.5) is 5.69 Å². The zero-order valence-electron chi connectivity index (χ0n) is 12.1. The maximum absolute atomic E-state index is 10.9. The van der Waals surface area contributed by atoms with E-state index in [0.717, 1.165) is 5.56 Å². The molecular weight excluding hydrogens is 318 g/mol. The Kier molecular flexibility index (Phi) is 3.75. The Balaban J connectivity index is 2.16. The van der Waals surface area contributed by atoms with Crippen molar-refractivity contribution in [3.63, 3.8) is 0 Å². The molecule has 0 unspecified atom stereocenters. The van der Waals surface area contributed by atoms with Gasteiger partial charge in [0.15, 0.2) is 0 Å². The van der Waals surface area contributed by atoms with Crippen molar-refractivity contribution >= 4 is 17.3 Å². The smallest absolute Gasteiger partial charge is 0.271 e. The third kappa shape index (κ3) is 2.76. The van der Waals surface area contributed by atoms with Crippen LogP contribution < -0.4 is 0 Å². The van der Waals surface area contributed by atoms with Crippen molar-refractivity contribution in [2.24, 2.45) is 0 Å². The van der Waals surface area contributed by atoms with E-state index in [-0.39, 0.29) is 11.4 Å². The molecule has 1 N–H and O–H groups in total. The highest BCUT2D eigenvalue weighted by Gasteiger charge is 2.15. The Morgan fingerprint density at radius 2 is 2.04 bits per heavy atom. The van der Waals surface area contributed by atoms with Crippen molar-refractivity contribution < 1.29 is 10.0 Å². The molecule has 116 valence electrons.